The van der Waals surface area contributed by atoms with E-state index in [1.807, 2.05) is 53.8 Å². The summed E-state index contributed by atoms with van der Waals surface area (Å²) >= 11 is 13.6. The molecule has 0 N–H and O–H groups in total. The molecule has 160 valence electrons. The molecule has 8 heteroatoms. The minimum Gasteiger partial charge on any atom is -0.489 e. The van der Waals surface area contributed by atoms with Crippen molar-refractivity contribution in [3.8, 4) is 5.75 Å². The molecule has 4 rings (SSSR count). The Kier molecular flexibility index (Phi) is 6.60. The highest BCUT2D eigenvalue weighted by atomic mass is 35.5. The van der Waals surface area contributed by atoms with Gasteiger partial charge in [-0.3, -0.25) is 0 Å². The van der Waals surface area contributed by atoms with Crippen LogP contribution in [0.15, 0.2) is 70.3 Å². The molecular weight excluding hydrogens is 455 g/mol. The highest BCUT2D eigenvalue weighted by molar-refractivity contribution is 8.16. The summed E-state index contributed by atoms with van der Waals surface area (Å²) in [5.41, 5.74) is 3.09. The van der Waals surface area contributed by atoms with Gasteiger partial charge in [-0.25, -0.2) is 9.79 Å². The van der Waals surface area contributed by atoms with Gasteiger partial charge in [0, 0.05) is 6.20 Å². The predicted molar refractivity (Wildman–Crippen MR) is 125 cm³/mol. The Balaban J connectivity index is 1.56. The SMILES string of the molecule is CCOC(=O)C1=C(C)N=C2SC=CN2C1c1ccc(OCc2ccc(Cl)c(Cl)c2)cc1. The average Bonchev–Trinajstić information content (AvgIpc) is 3.22. The van der Waals surface area contributed by atoms with Gasteiger partial charge in [0.1, 0.15) is 12.4 Å². The third-order valence-electron chi connectivity index (χ3n) is 4.90. The van der Waals surface area contributed by atoms with E-state index in [1.165, 1.54) is 11.8 Å². The van der Waals surface area contributed by atoms with Crippen molar-refractivity contribution in [3.63, 3.8) is 0 Å². The maximum atomic E-state index is 12.7. The molecule has 0 saturated carbocycles. The van der Waals surface area contributed by atoms with E-state index < -0.39 is 0 Å². The number of ether oxygens (including phenoxy) is 2. The molecule has 0 fully saturated rings. The van der Waals surface area contributed by atoms with Gasteiger partial charge in [-0.05, 0) is 54.6 Å². The predicted octanol–water partition coefficient (Wildman–Crippen LogP) is 6.34. The molecule has 1 unspecified atom stereocenters. The summed E-state index contributed by atoms with van der Waals surface area (Å²) in [7, 11) is 0. The molecule has 2 aliphatic heterocycles. The number of rotatable bonds is 6. The zero-order chi connectivity index (χ0) is 22.0. The fraction of sp³-hybridized carbons (Fsp3) is 0.217. The molecule has 2 aromatic carbocycles. The molecule has 2 heterocycles. The van der Waals surface area contributed by atoms with Crippen LogP contribution in [0.2, 0.25) is 10.0 Å². The lowest BCUT2D eigenvalue weighted by atomic mass is 9.95. The lowest BCUT2D eigenvalue weighted by molar-refractivity contribution is -0.139. The van der Waals surface area contributed by atoms with E-state index in [0.29, 0.717) is 40.3 Å². The zero-order valence-corrected chi connectivity index (χ0v) is 19.3. The fourth-order valence-electron chi connectivity index (χ4n) is 3.44. The van der Waals surface area contributed by atoms with Crippen LogP contribution in [0.25, 0.3) is 0 Å². The van der Waals surface area contributed by atoms with Crippen molar-refractivity contribution in [1.82, 2.24) is 4.90 Å². The summed E-state index contributed by atoms with van der Waals surface area (Å²) in [5.74, 6) is 0.363. The summed E-state index contributed by atoms with van der Waals surface area (Å²) in [6.45, 7) is 4.32. The van der Waals surface area contributed by atoms with Crippen LogP contribution in [-0.2, 0) is 16.1 Å². The van der Waals surface area contributed by atoms with Crippen molar-refractivity contribution >= 4 is 46.1 Å². The molecule has 0 amide bonds. The number of carbonyl (C=O) groups excluding carboxylic acids is 1. The monoisotopic (exact) mass is 474 g/mol. The Morgan fingerprint density at radius 1 is 1.16 bits per heavy atom. The Morgan fingerprint density at radius 2 is 1.94 bits per heavy atom. The van der Waals surface area contributed by atoms with Crippen LogP contribution >= 0.6 is 35.0 Å². The average molecular weight is 475 g/mol. The van der Waals surface area contributed by atoms with Crippen molar-refractivity contribution in [2.45, 2.75) is 26.5 Å². The van der Waals surface area contributed by atoms with Crippen LogP contribution in [0.3, 0.4) is 0 Å². The van der Waals surface area contributed by atoms with Crippen LogP contribution < -0.4 is 4.74 Å². The van der Waals surface area contributed by atoms with Gasteiger partial charge >= 0.3 is 5.97 Å². The first-order valence-corrected chi connectivity index (χ1v) is 11.4. The van der Waals surface area contributed by atoms with Crippen molar-refractivity contribution in [3.05, 3.63) is 86.5 Å². The van der Waals surface area contributed by atoms with Gasteiger partial charge < -0.3 is 14.4 Å². The number of halogens is 2. The van der Waals surface area contributed by atoms with E-state index in [2.05, 4.69) is 4.99 Å². The fourth-order valence-corrected chi connectivity index (χ4v) is 4.55. The number of benzene rings is 2. The lowest BCUT2D eigenvalue weighted by Crippen LogP contribution is -2.34. The lowest BCUT2D eigenvalue weighted by Gasteiger charge is -2.33. The number of thioether (sulfide) groups is 1. The second kappa shape index (κ2) is 9.39. The Labute approximate surface area is 195 Å². The number of hydrogen-bond acceptors (Lipinski definition) is 6. The minimum absolute atomic E-state index is 0.304. The number of fused-ring (bicyclic) bond motifs is 1. The van der Waals surface area contributed by atoms with Crippen LogP contribution in [0.5, 0.6) is 5.75 Å². The third-order valence-corrected chi connectivity index (χ3v) is 6.41. The van der Waals surface area contributed by atoms with Crippen molar-refractivity contribution in [1.29, 1.82) is 0 Å². The largest absolute Gasteiger partial charge is 0.489 e. The van der Waals surface area contributed by atoms with Crippen molar-refractivity contribution in [2.75, 3.05) is 6.61 Å². The van der Waals surface area contributed by atoms with Crippen molar-refractivity contribution < 1.29 is 14.3 Å². The van der Waals surface area contributed by atoms with Crippen LogP contribution in [0, 0.1) is 0 Å². The van der Waals surface area contributed by atoms with E-state index in [-0.39, 0.29) is 12.0 Å². The first kappa shape index (κ1) is 21.8. The summed E-state index contributed by atoms with van der Waals surface area (Å²) in [6, 6.07) is 12.8. The zero-order valence-electron chi connectivity index (χ0n) is 17.0. The summed E-state index contributed by atoms with van der Waals surface area (Å²) in [5, 5.41) is 3.82. The van der Waals surface area contributed by atoms with Gasteiger partial charge in [0.2, 0.25) is 0 Å². The van der Waals surface area contributed by atoms with Gasteiger partial charge in [0.05, 0.1) is 34.0 Å². The van der Waals surface area contributed by atoms with E-state index in [4.69, 9.17) is 32.7 Å². The summed E-state index contributed by atoms with van der Waals surface area (Å²) in [4.78, 5) is 19.3. The number of hydrogen-bond donors (Lipinski definition) is 0. The normalized spacial score (nSPS) is 17.5. The number of allylic oxidation sites excluding steroid dienone is 1. The Hall–Kier alpha value is -2.41. The van der Waals surface area contributed by atoms with Crippen LogP contribution in [-0.4, -0.2) is 22.6 Å². The first-order chi connectivity index (χ1) is 15.0. The molecule has 0 aliphatic carbocycles. The number of aliphatic imine (C=N–C) groups is 1. The first-order valence-electron chi connectivity index (χ1n) is 9.73. The molecule has 2 aliphatic rings. The number of amidine groups is 1. The number of esters is 1. The standard InChI is InChI=1S/C23H20Cl2N2O3S/c1-3-29-22(28)20-14(2)26-23-27(10-11-31-23)21(20)16-5-7-17(8-6-16)30-13-15-4-9-18(24)19(25)12-15/h4-12,21H,3,13H2,1-2H3. The van der Waals surface area contributed by atoms with Gasteiger partial charge in [0.25, 0.3) is 0 Å². The second-order valence-electron chi connectivity index (χ2n) is 6.93. The highest BCUT2D eigenvalue weighted by Gasteiger charge is 2.37. The number of nitrogens with zero attached hydrogens (tertiary/aromatic N) is 2. The summed E-state index contributed by atoms with van der Waals surface area (Å²) in [6.07, 6.45) is 1.94. The van der Waals surface area contributed by atoms with E-state index in [9.17, 15) is 4.79 Å². The van der Waals surface area contributed by atoms with Gasteiger partial charge in [-0.15, -0.1) is 0 Å². The molecular formula is C23H20Cl2N2O3S. The maximum Gasteiger partial charge on any atom is 0.338 e. The molecule has 2 aromatic rings. The Bertz CT molecular complexity index is 1100. The number of carbonyl (C=O) groups is 1. The maximum absolute atomic E-state index is 12.7. The van der Waals surface area contributed by atoms with Gasteiger partial charge in [-0.1, -0.05) is 53.2 Å². The minimum atomic E-state index is -0.349. The highest BCUT2D eigenvalue weighted by Crippen LogP contribution is 2.41. The summed E-state index contributed by atoms with van der Waals surface area (Å²) < 4.78 is 11.2. The van der Waals surface area contributed by atoms with Gasteiger partial charge in [0.15, 0.2) is 5.17 Å². The van der Waals surface area contributed by atoms with Crippen LogP contribution in [0.4, 0.5) is 0 Å². The molecule has 5 nitrogen and oxygen atoms in total. The molecule has 0 radical (unpaired) electrons. The Morgan fingerprint density at radius 3 is 2.65 bits per heavy atom. The molecule has 0 aromatic heterocycles. The topological polar surface area (TPSA) is 51.1 Å². The smallest absolute Gasteiger partial charge is 0.338 e. The molecule has 1 atom stereocenters. The van der Waals surface area contributed by atoms with E-state index in [1.54, 1.807) is 19.1 Å². The molecule has 31 heavy (non-hydrogen) atoms. The van der Waals surface area contributed by atoms with E-state index in [0.717, 1.165) is 16.3 Å². The van der Waals surface area contributed by atoms with Gasteiger partial charge in [-0.2, -0.15) is 0 Å². The molecule has 0 bridgehead atoms. The quantitative estimate of drug-likeness (QED) is 0.457. The van der Waals surface area contributed by atoms with Crippen LogP contribution in [0.1, 0.15) is 31.0 Å². The molecule has 0 spiro atoms. The third kappa shape index (κ3) is 4.61. The second-order valence-corrected chi connectivity index (χ2v) is 8.62. The van der Waals surface area contributed by atoms with E-state index >= 15 is 0 Å². The van der Waals surface area contributed by atoms with Crippen molar-refractivity contribution in [2.24, 2.45) is 4.99 Å². The molecule has 0 saturated heterocycles.